The van der Waals surface area contributed by atoms with E-state index in [2.05, 4.69) is 34.5 Å². The molecule has 1 aliphatic heterocycles. The van der Waals surface area contributed by atoms with Crippen molar-refractivity contribution in [3.8, 4) is 0 Å². The molecule has 4 rings (SSSR count). The molecule has 2 amide bonds. The van der Waals surface area contributed by atoms with Crippen molar-refractivity contribution in [3.63, 3.8) is 0 Å². The molecule has 1 aliphatic carbocycles. The zero-order valence-corrected chi connectivity index (χ0v) is 17.3. The van der Waals surface area contributed by atoms with Gasteiger partial charge >= 0.3 is 0 Å². The number of nitrogens with zero attached hydrogens (tertiary/aromatic N) is 2. The van der Waals surface area contributed by atoms with Crippen LogP contribution in [0.15, 0.2) is 48.5 Å². The van der Waals surface area contributed by atoms with Gasteiger partial charge in [0.1, 0.15) is 5.41 Å². The quantitative estimate of drug-likeness (QED) is 0.795. The Hall–Kier alpha value is -2.66. The number of carbonyl (C=O) groups excluding carboxylic acids is 2. The minimum absolute atomic E-state index is 0.000308. The van der Waals surface area contributed by atoms with Crippen LogP contribution in [0, 0.1) is 19.3 Å². The van der Waals surface area contributed by atoms with Crippen LogP contribution in [0.1, 0.15) is 29.5 Å². The number of carbonyl (C=O) groups is 2. The predicted molar refractivity (Wildman–Crippen MR) is 115 cm³/mol. The Morgan fingerprint density at radius 3 is 2.31 bits per heavy atom. The summed E-state index contributed by atoms with van der Waals surface area (Å²) in [4.78, 5) is 30.4. The van der Waals surface area contributed by atoms with E-state index in [1.54, 1.807) is 0 Å². The molecule has 0 aromatic heterocycles. The molecule has 1 saturated heterocycles. The minimum Gasteiger partial charge on any atom is -0.339 e. The third-order valence-corrected chi connectivity index (χ3v) is 6.14. The molecule has 2 aliphatic rings. The Labute approximate surface area is 172 Å². The number of piperazine rings is 1. The third kappa shape index (κ3) is 4.20. The first-order valence-electron chi connectivity index (χ1n) is 10.4. The topological polar surface area (TPSA) is 52.7 Å². The zero-order chi connectivity index (χ0) is 20.4. The fourth-order valence-electron chi connectivity index (χ4n) is 4.03. The first-order valence-corrected chi connectivity index (χ1v) is 10.4. The number of rotatable bonds is 5. The van der Waals surface area contributed by atoms with Gasteiger partial charge < -0.3 is 10.2 Å². The average molecular weight is 392 g/mol. The smallest absolute Gasteiger partial charge is 0.240 e. The molecule has 0 radical (unpaired) electrons. The van der Waals surface area contributed by atoms with Crippen molar-refractivity contribution in [3.05, 3.63) is 65.2 Å². The molecule has 1 saturated carbocycles. The van der Waals surface area contributed by atoms with Gasteiger partial charge in [-0.05, 0) is 49.4 Å². The van der Waals surface area contributed by atoms with Gasteiger partial charge in [0.05, 0.1) is 0 Å². The first-order chi connectivity index (χ1) is 14.0. The van der Waals surface area contributed by atoms with Crippen molar-refractivity contribution < 1.29 is 9.59 Å². The van der Waals surface area contributed by atoms with Crippen LogP contribution in [0.3, 0.4) is 0 Å². The van der Waals surface area contributed by atoms with Gasteiger partial charge in [0.15, 0.2) is 0 Å². The van der Waals surface area contributed by atoms with Crippen molar-refractivity contribution in [1.82, 2.24) is 9.80 Å². The molecular weight excluding hydrogens is 362 g/mol. The lowest BCUT2D eigenvalue weighted by Gasteiger charge is -2.36. The summed E-state index contributed by atoms with van der Waals surface area (Å²) in [5, 5.41) is 3.02. The van der Waals surface area contributed by atoms with Crippen LogP contribution in [-0.2, 0) is 16.1 Å². The average Bonchev–Trinajstić information content (AvgIpc) is 3.54. The summed E-state index contributed by atoms with van der Waals surface area (Å²) in [6.07, 6.45) is 1.29. The number of aryl methyl sites for hydroxylation is 2. The molecule has 0 atom stereocenters. The van der Waals surface area contributed by atoms with Gasteiger partial charge in [-0.25, -0.2) is 0 Å². The Kier molecular flexibility index (Phi) is 5.41. The minimum atomic E-state index is -0.863. The van der Waals surface area contributed by atoms with Gasteiger partial charge in [0, 0.05) is 38.4 Å². The number of nitrogens with one attached hydrogen (secondary N) is 1. The molecule has 152 valence electrons. The van der Waals surface area contributed by atoms with Crippen molar-refractivity contribution in [2.45, 2.75) is 33.2 Å². The van der Waals surface area contributed by atoms with Gasteiger partial charge in [-0.3, -0.25) is 14.5 Å². The molecule has 5 nitrogen and oxygen atoms in total. The number of amides is 2. The summed E-state index contributed by atoms with van der Waals surface area (Å²) in [6, 6.07) is 16.4. The SMILES string of the molecule is Cc1ccc(C)c(NC(=O)C2(C(=O)N3CCN(Cc4ccccc4)CC3)CC2)c1. The van der Waals surface area contributed by atoms with Crippen molar-refractivity contribution in [1.29, 1.82) is 0 Å². The van der Waals surface area contributed by atoms with Gasteiger partial charge in [-0.2, -0.15) is 0 Å². The lowest BCUT2D eigenvalue weighted by Crippen LogP contribution is -2.52. The molecule has 2 aromatic rings. The number of anilines is 1. The van der Waals surface area contributed by atoms with Crippen LogP contribution in [0.5, 0.6) is 0 Å². The second-order valence-electron chi connectivity index (χ2n) is 8.41. The maximum absolute atomic E-state index is 13.2. The predicted octanol–water partition coefficient (Wildman–Crippen LogP) is 3.37. The van der Waals surface area contributed by atoms with Crippen molar-refractivity contribution >= 4 is 17.5 Å². The maximum atomic E-state index is 13.2. The Balaban J connectivity index is 1.35. The van der Waals surface area contributed by atoms with Crippen LogP contribution in [0.4, 0.5) is 5.69 Å². The highest BCUT2D eigenvalue weighted by molar-refractivity contribution is 6.13. The summed E-state index contributed by atoms with van der Waals surface area (Å²) in [5.74, 6) is -0.150. The van der Waals surface area contributed by atoms with Gasteiger partial charge in [0.25, 0.3) is 0 Å². The highest BCUT2D eigenvalue weighted by atomic mass is 16.2. The molecule has 0 spiro atoms. The van der Waals surface area contributed by atoms with E-state index in [0.29, 0.717) is 25.9 Å². The number of hydrogen-bond acceptors (Lipinski definition) is 3. The van der Waals surface area contributed by atoms with E-state index < -0.39 is 5.41 Å². The molecule has 1 heterocycles. The van der Waals surface area contributed by atoms with Crippen LogP contribution >= 0.6 is 0 Å². The molecule has 0 unspecified atom stereocenters. The van der Waals surface area contributed by atoms with E-state index in [4.69, 9.17) is 0 Å². The zero-order valence-electron chi connectivity index (χ0n) is 17.3. The van der Waals surface area contributed by atoms with Gasteiger partial charge in [-0.1, -0.05) is 42.5 Å². The van der Waals surface area contributed by atoms with E-state index in [1.165, 1.54) is 5.56 Å². The van der Waals surface area contributed by atoms with Gasteiger partial charge in [0.2, 0.25) is 11.8 Å². The van der Waals surface area contributed by atoms with Crippen LogP contribution in [-0.4, -0.2) is 47.8 Å². The molecule has 5 heteroatoms. The summed E-state index contributed by atoms with van der Waals surface area (Å²) < 4.78 is 0. The normalized spacial score (nSPS) is 18.3. The van der Waals surface area contributed by atoms with E-state index in [-0.39, 0.29) is 11.8 Å². The molecule has 0 bridgehead atoms. The van der Waals surface area contributed by atoms with Crippen LogP contribution in [0.2, 0.25) is 0 Å². The van der Waals surface area contributed by atoms with E-state index >= 15 is 0 Å². The highest BCUT2D eigenvalue weighted by Gasteiger charge is 2.58. The first kappa shape index (κ1) is 19.6. The lowest BCUT2D eigenvalue weighted by molar-refractivity contribution is -0.143. The Morgan fingerprint density at radius 1 is 0.966 bits per heavy atom. The fraction of sp³-hybridized carbons (Fsp3) is 0.417. The summed E-state index contributed by atoms with van der Waals surface area (Å²) in [7, 11) is 0. The molecule has 1 N–H and O–H groups in total. The van der Waals surface area contributed by atoms with E-state index in [1.807, 2.05) is 43.0 Å². The monoisotopic (exact) mass is 391 g/mol. The largest absolute Gasteiger partial charge is 0.339 e. The summed E-state index contributed by atoms with van der Waals surface area (Å²) in [5.41, 5.74) is 3.34. The fourth-order valence-corrected chi connectivity index (χ4v) is 4.03. The van der Waals surface area contributed by atoms with Crippen molar-refractivity contribution in [2.24, 2.45) is 5.41 Å². The Bertz CT molecular complexity index is 898. The van der Waals surface area contributed by atoms with Crippen molar-refractivity contribution in [2.75, 3.05) is 31.5 Å². The third-order valence-electron chi connectivity index (χ3n) is 6.14. The van der Waals surface area contributed by atoms with Gasteiger partial charge in [-0.15, -0.1) is 0 Å². The molecular formula is C24H29N3O2. The lowest BCUT2D eigenvalue weighted by atomic mass is 10.0. The second kappa shape index (κ2) is 7.99. The second-order valence-corrected chi connectivity index (χ2v) is 8.41. The molecule has 29 heavy (non-hydrogen) atoms. The number of hydrogen-bond donors (Lipinski definition) is 1. The van der Waals surface area contributed by atoms with E-state index in [9.17, 15) is 9.59 Å². The summed E-state index contributed by atoms with van der Waals surface area (Å²) >= 11 is 0. The summed E-state index contributed by atoms with van der Waals surface area (Å²) in [6.45, 7) is 7.94. The van der Waals surface area contributed by atoms with Crippen LogP contribution in [0.25, 0.3) is 0 Å². The molecule has 2 aromatic carbocycles. The standard InChI is InChI=1S/C24H29N3O2/c1-18-8-9-19(2)21(16-18)25-22(28)24(10-11-24)23(29)27-14-12-26(13-15-27)17-20-6-4-3-5-7-20/h3-9,16H,10-15,17H2,1-2H3,(H,25,28). The van der Waals surface area contributed by atoms with E-state index in [0.717, 1.165) is 36.4 Å². The highest BCUT2D eigenvalue weighted by Crippen LogP contribution is 2.48. The Morgan fingerprint density at radius 2 is 1.66 bits per heavy atom. The number of benzene rings is 2. The maximum Gasteiger partial charge on any atom is 0.240 e. The van der Waals surface area contributed by atoms with Crippen LogP contribution < -0.4 is 5.32 Å². The molecule has 2 fully saturated rings.